The number of nitrogens with one attached hydrogen (secondary N) is 1. The van der Waals surface area contributed by atoms with Crippen molar-refractivity contribution in [2.24, 2.45) is 5.10 Å². The molecule has 0 bridgehead atoms. The van der Waals surface area contributed by atoms with Crippen LogP contribution in [0, 0.1) is 25.5 Å². The monoisotopic (exact) mass is 260 g/mol. The number of rotatable bonds is 3. The first-order valence-corrected chi connectivity index (χ1v) is 5.87. The molecule has 0 spiro atoms. The van der Waals surface area contributed by atoms with Crippen molar-refractivity contribution >= 4 is 11.9 Å². The number of anilines is 1. The molecule has 0 radical (unpaired) electrons. The van der Waals surface area contributed by atoms with E-state index in [1.165, 1.54) is 17.7 Å². The van der Waals surface area contributed by atoms with Crippen LogP contribution in [0.25, 0.3) is 0 Å². The van der Waals surface area contributed by atoms with E-state index in [-0.39, 0.29) is 5.69 Å². The van der Waals surface area contributed by atoms with Gasteiger partial charge >= 0.3 is 0 Å². The molecule has 2 aromatic rings. The molecule has 0 amide bonds. The molecule has 1 N–H and O–H groups in total. The van der Waals surface area contributed by atoms with Gasteiger partial charge in [0.15, 0.2) is 5.82 Å². The highest BCUT2D eigenvalue weighted by molar-refractivity contribution is 5.82. The lowest BCUT2D eigenvalue weighted by Crippen LogP contribution is -1.95. The molecular weight excluding hydrogens is 246 g/mol. The molecule has 0 aliphatic heterocycles. The zero-order valence-corrected chi connectivity index (χ0v) is 10.7. The van der Waals surface area contributed by atoms with Crippen molar-refractivity contribution in [3.05, 3.63) is 64.7 Å². The van der Waals surface area contributed by atoms with Gasteiger partial charge < -0.3 is 0 Å². The van der Waals surface area contributed by atoms with Crippen LogP contribution in [0.2, 0.25) is 0 Å². The standard InChI is InChI=1S/C15H14F2N2/c1-10-3-4-12(11(2)7-10)9-18-19-15-6-5-13(16)8-14(15)17/h3-9,19H,1-2H3/b18-9+. The zero-order chi connectivity index (χ0) is 13.8. The molecule has 0 aliphatic rings. The third-order valence-corrected chi connectivity index (χ3v) is 2.75. The molecule has 0 saturated carbocycles. The average Bonchev–Trinajstić information content (AvgIpc) is 2.34. The van der Waals surface area contributed by atoms with Crippen molar-refractivity contribution < 1.29 is 8.78 Å². The Kier molecular flexibility index (Phi) is 3.90. The van der Waals surface area contributed by atoms with Gasteiger partial charge in [0.2, 0.25) is 0 Å². The maximum absolute atomic E-state index is 13.3. The van der Waals surface area contributed by atoms with Gasteiger partial charge in [-0.2, -0.15) is 5.10 Å². The van der Waals surface area contributed by atoms with Crippen LogP contribution in [-0.4, -0.2) is 6.21 Å². The number of nitrogens with zero attached hydrogens (tertiary/aromatic N) is 1. The van der Waals surface area contributed by atoms with Crippen LogP contribution in [-0.2, 0) is 0 Å². The first kappa shape index (κ1) is 13.2. The van der Waals surface area contributed by atoms with E-state index in [4.69, 9.17) is 0 Å². The molecule has 19 heavy (non-hydrogen) atoms. The summed E-state index contributed by atoms with van der Waals surface area (Å²) in [5, 5.41) is 3.96. The molecule has 2 aromatic carbocycles. The molecule has 0 aliphatic carbocycles. The van der Waals surface area contributed by atoms with Gasteiger partial charge in [0.1, 0.15) is 5.82 Å². The lowest BCUT2D eigenvalue weighted by molar-refractivity contribution is 0.585. The average molecular weight is 260 g/mol. The number of hydrazone groups is 1. The number of aryl methyl sites for hydroxylation is 2. The Labute approximate surface area is 110 Å². The molecule has 2 rings (SSSR count). The minimum atomic E-state index is -0.669. The molecule has 2 nitrogen and oxygen atoms in total. The summed E-state index contributed by atoms with van der Waals surface area (Å²) in [5.74, 6) is -1.28. The SMILES string of the molecule is Cc1ccc(/C=N/Nc2ccc(F)cc2F)c(C)c1. The molecule has 98 valence electrons. The smallest absolute Gasteiger partial charge is 0.151 e. The summed E-state index contributed by atoms with van der Waals surface area (Å²) < 4.78 is 26.1. The van der Waals surface area contributed by atoms with E-state index in [0.29, 0.717) is 0 Å². The Morgan fingerprint density at radius 1 is 1.05 bits per heavy atom. The lowest BCUT2D eigenvalue weighted by Gasteiger charge is -2.03. The van der Waals surface area contributed by atoms with Crippen molar-refractivity contribution in [3.8, 4) is 0 Å². The number of halogens is 2. The van der Waals surface area contributed by atoms with Crippen LogP contribution >= 0.6 is 0 Å². The fourth-order valence-corrected chi connectivity index (χ4v) is 1.72. The Morgan fingerprint density at radius 3 is 2.53 bits per heavy atom. The van der Waals surface area contributed by atoms with Gasteiger partial charge in [0, 0.05) is 6.07 Å². The second-order valence-corrected chi connectivity index (χ2v) is 4.35. The second kappa shape index (κ2) is 5.61. The maximum Gasteiger partial charge on any atom is 0.151 e. The summed E-state index contributed by atoms with van der Waals surface area (Å²) in [4.78, 5) is 0. The van der Waals surface area contributed by atoms with Crippen LogP contribution in [0.15, 0.2) is 41.5 Å². The fraction of sp³-hybridized carbons (Fsp3) is 0.133. The predicted octanol–water partition coefficient (Wildman–Crippen LogP) is 4.03. The number of hydrogen-bond donors (Lipinski definition) is 1. The Hall–Kier alpha value is -2.23. The first-order valence-electron chi connectivity index (χ1n) is 5.87. The molecule has 0 atom stereocenters. The third-order valence-electron chi connectivity index (χ3n) is 2.75. The van der Waals surface area contributed by atoms with Gasteiger partial charge in [0.05, 0.1) is 11.9 Å². The highest BCUT2D eigenvalue weighted by atomic mass is 19.1. The van der Waals surface area contributed by atoms with E-state index in [9.17, 15) is 8.78 Å². The van der Waals surface area contributed by atoms with Crippen LogP contribution in [0.3, 0.4) is 0 Å². The molecule has 0 unspecified atom stereocenters. The minimum absolute atomic E-state index is 0.141. The zero-order valence-electron chi connectivity index (χ0n) is 10.7. The van der Waals surface area contributed by atoms with Crippen molar-refractivity contribution in [3.63, 3.8) is 0 Å². The number of hydrogen-bond acceptors (Lipinski definition) is 2. The van der Waals surface area contributed by atoms with Gasteiger partial charge in [-0.3, -0.25) is 5.43 Å². The molecule has 0 aromatic heterocycles. The van der Waals surface area contributed by atoms with Gasteiger partial charge in [0.25, 0.3) is 0 Å². The van der Waals surface area contributed by atoms with Crippen molar-refractivity contribution in [1.29, 1.82) is 0 Å². The third kappa shape index (κ3) is 3.37. The molecule has 4 heteroatoms. The first-order chi connectivity index (χ1) is 9.06. The Morgan fingerprint density at radius 2 is 1.84 bits per heavy atom. The van der Waals surface area contributed by atoms with Crippen molar-refractivity contribution in [1.82, 2.24) is 0 Å². The van der Waals surface area contributed by atoms with Gasteiger partial charge in [-0.25, -0.2) is 8.78 Å². The summed E-state index contributed by atoms with van der Waals surface area (Å²) in [7, 11) is 0. The van der Waals surface area contributed by atoms with Crippen molar-refractivity contribution in [2.75, 3.05) is 5.43 Å². The molecule has 0 heterocycles. The van der Waals surface area contributed by atoms with Gasteiger partial charge in [-0.1, -0.05) is 23.8 Å². The van der Waals surface area contributed by atoms with E-state index in [1.54, 1.807) is 6.21 Å². The molecule has 0 saturated heterocycles. The van der Waals surface area contributed by atoms with Crippen LogP contribution in [0.4, 0.5) is 14.5 Å². The summed E-state index contributed by atoms with van der Waals surface area (Å²) in [6, 6.07) is 9.26. The predicted molar refractivity (Wildman–Crippen MR) is 73.5 cm³/mol. The quantitative estimate of drug-likeness (QED) is 0.654. The van der Waals surface area contributed by atoms with E-state index >= 15 is 0 Å². The van der Waals surface area contributed by atoms with Gasteiger partial charge in [-0.15, -0.1) is 0 Å². The summed E-state index contributed by atoms with van der Waals surface area (Å²) >= 11 is 0. The maximum atomic E-state index is 13.3. The Balaban J connectivity index is 2.11. The topological polar surface area (TPSA) is 24.4 Å². The summed E-state index contributed by atoms with van der Waals surface area (Å²) in [6.45, 7) is 3.99. The lowest BCUT2D eigenvalue weighted by atomic mass is 10.1. The molecular formula is C15H14F2N2. The van der Waals surface area contributed by atoms with Gasteiger partial charge in [-0.05, 0) is 37.1 Å². The van der Waals surface area contributed by atoms with E-state index in [2.05, 4.69) is 10.5 Å². The van der Waals surface area contributed by atoms with E-state index in [1.807, 2.05) is 32.0 Å². The second-order valence-electron chi connectivity index (χ2n) is 4.35. The van der Waals surface area contributed by atoms with Crippen LogP contribution < -0.4 is 5.43 Å². The summed E-state index contributed by atoms with van der Waals surface area (Å²) in [5.41, 5.74) is 5.91. The molecule has 0 fully saturated rings. The largest absolute Gasteiger partial charge is 0.276 e. The highest BCUT2D eigenvalue weighted by Gasteiger charge is 2.01. The highest BCUT2D eigenvalue weighted by Crippen LogP contribution is 2.15. The Bertz CT molecular complexity index is 622. The number of benzene rings is 2. The van der Waals surface area contributed by atoms with Crippen LogP contribution in [0.1, 0.15) is 16.7 Å². The van der Waals surface area contributed by atoms with Crippen LogP contribution in [0.5, 0.6) is 0 Å². The minimum Gasteiger partial charge on any atom is -0.276 e. The van der Waals surface area contributed by atoms with E-state index < -0.39 is 11.6 Å². The normalized spacial score (nSPS) is 10.9. The van der Waals surface area contributed by atoms with Crippen molar-refractivity contribution in [2.45, 2.75) is 13.8 Å². The fourth-order valence-electron chi connectivity index (χ4n) is 1.72. The summed E-state index contributed by atoms with van der Waals surface area (Å²) in [6.07, 6.45) is 1.61. The van der Waals surface area contributed by atoms with E-state index in [0.717, 1.165) is 17.2 Å².